The number of hydrogen-bond acceptors (Lipinski definition) is 5. The van der Waals surface area contributed by atoms with Crippen LogP contribution in [-0.4, -0.2) is 33.7 Å². The molecule has 0 aliphatic heterocycles. The summed E-state index contributed by atoms with van der Waals surface area (Å²) in [6, 6.07) is 3.11. The first-order valence-corrected chi connectivity index (χ1v) is 8.83. The molecule has 7 heteroatoms. The van der Waals surface area contributed by atoms with Gasteiger partial charge in [-0.3, -0.25) is 0 Å². The van der Waals surface area contributed by atoms with Crippen molar-refractivity contribution >= 4 is 10.0 Å². The first kappa shape index (κ1) is 16.5. The summed E-state index contributed by atoms with van der Waals surface area (Å²) in [5.74, 6) is 0.576. The Bertz CT molecular complexity index is 547. The molecule has 1 heterocycles. The monoisotopic (exact) mass is 316 g/mol. The van der Waals surface area contributed by atoms with Crippen LogP contribution in [0, 0.1) is 5.41 Å². The lowest BCUT2D eigenvalue weighted by molar-refractivity contribution is 0.0866. The Balaban J connectivity index is 2.02. The first-order valence-electron chi connectivity index (χ1n) is 7.35. The molecule has 1 aliphatic rings. The van der Waals surface area contributed by atoms with Crippen molar-refractivity contribution in [3.8, 4) is 0 Å². The smallest absolute Gasteiger partial charge is 0.273 e. The number of aliphatic hydroxyl groups is 1. The quantitative estimate of drug-likeness (QED) is 0.703. The molecule has 1 aliphatic carbocycles. The van der Waals surface area contributed by atoms with Gasteiger partial charge in [0, 0.05) is 18.6 Å². The molecule has 0 amide bonds. The van der Waals surface area contributed by atoms with Crippen LogP contribution in [0.5, 0.6) is 0 Å². The zero-order valence-corrected chi connectivity index (χ0v) is 13.2. The summed E-state index contributed by atoms with van der Waals surface area (Å²) in [6.45, 7) is 0.753. The Labute approximate surface area is 126 Å². The van der Waals surface area contributed by atoms with E-state index in [1.54, 1.807) is 13.1 Å². The van der Waals surface area contributed by atoms with Crippen LogP contribution in [-0.2, 0) is 16.6 Å². The van der Waals surface area contributed by atoms with E-state index in [9.17, 15) is 13.5 Å². The van der Waals surface area contributed by atoms with Crippen LogP contribution in [0.2, 0.25) is 0 Å². The third-order valence-corrected chi connectivity index (χ3v) is 5.41. The van der Waals surface area contributed by atoms with Gasteiger partial charge in [-0.15, -0.1) is 0 Å². The summed E-state index contributed by atoms with van der Waals surface area (Å²) >= 11 is 0. The first-order chi connectivity index (χ1) is 10.0. The number of aliphatic hydroxyl groups excluding tert-OH is 1. The number of hydrogen-bond donors (Lipinski definition) is 3. The van der Waals surface area contributed by atoms with Crippen molar-refractivity contribution < 1.29 is 17.9 Å². The van der Waals surface area contributed by atoms with E-state index in [4.69, 9.17) is 4.42 Å². The third-order valence-electron chi connectivity index (χ3n) is 4.14. The molecule has 6 nitrogen and oxygen atoms in total. The van der Waals surface area contributed by atoms with Crippen LogP contribution < -0.4 is 10.0 Å². The van der Waals surface area contributed by atoms with E-state index in [0.717, 1.165) is 32.1 Å². The van der Waals surface area contributed by atoms with Gasteiger partial charge in [-0.1, -0.05) is 19.3 Å². The van der Waals surface area contributed by atoms with Gasteiger partial charge >= 0.3 is 0 Å². The third kappa shape index (κ3) is 4.06. The maximum absolute atomic E-state index is 12.2. The zero-order valence-electron chi connectivity index (χ0n) is 12.4. The second-order valence-corrected chi connectivity index (χ2v) is 7.49. The molecule has 0 radical (unpaired) electrons. The van der Waals surface area contributed by atoms with Gasteiger partial charge in [-0.2, -0.15) is 0 Å². The highest BCUT2D eigenvalue weighted by atomic mass is 32.2. The summed E-state index contributed by atoms with van der Waals surface area (Å²) in [4.78, 5) is 0. The predicted octanol–water partition coefficient (Wildman–Crippen LogP) is 1.22. The van der Waals surface area contributed by atoms with E-state index >= 15 is 0 Å². The highest BCUT2D eigenvalue weighted by Gasteiger charge is 2.33. The van der Waals surface area contributed by atoms with Crippen LogP contribution in [0.1, 0.15) is 37.9 Å². The summed E-state index contributed by atoms with van der Waals surface area (Å²) in [6.07, 6.45) is 4.94. The average molecular weight is 316 g/mol. The summed E-state index contributed by atoms with van der Waals surface area (Å²) in [5, 5.41) is 12.4. The van der Waals surface area contributed by atoms with E-state index in [-0.39, 0.29) is 23.7 Å². The minimum absolute atomic E-state index is 0.0126. The fourth-order valence-electron chi connectivity index (χ4n) is 2.78. The predicted molar refractivity (Wildman–Crippen MR) is 79.3 cm³/mol. The Morgan fingerprint density at radius 1 is 1.29 bits per heavy atom. The number of sulfonamides is 1. The lowest BCUT2D eigenvalue weighted by Crippen LogP contribution is -2.41. The zero-order chi connectivity index (χ0) is 15.3. The largest absolute Gasteiger partial charge is 0.447 e. The molecular formula is C14H24N2O4S. The highest BCUT2D eigenvalue weighted by Crippen LogP contribution is 2.35. The van der Waals surface area contributed by atoms with E-state index < -0.39 is 10.0 Å². The van der Waals surface area contributed by atoms with Gasteiger partial charge in [0.15, 0.2) is 0 Å². The molecule has 0 saturated heterocycles. The lowest BCUT2D eigenvalue weighted by Gasteiger charge is -2.35. The molecule has 1 aromatic rings. The van der Waals surface area contributed by atoms with E-state index in [1.807, 2.05) is 0 Å². The highest BCUT2D eigenvalue weighted by molar-refractivity contribution is 7.89. The topological polar surface area (TPSA) is 91.6 Å². The fraction of sp³-hybridized carbons (Fsp3) is 0.714. The summed E-state index contributed by atoms with van der Waals surface area (Å²) in [7, 11) is -1.89. The van der Waals surface area contributed by atoms with E-state index in [0.29, 0.717) is 12.3 Å². The summed E-state index contributed by atoms with van der Waals surface area (Å²) < 4.78 is 32.4. The lowest BCUT2D eigenvalue weighted by atomic mass is 9.75. The molecule has 2 rings (SSSR count). The molecule has 0 aromatic carbocycles. The molecule has 1 fully saturated rings. The number of nitrogens with one attached hydrogen (secondary N) is 2. The minimum Gasteiger partial charge on any atom is -0.447 e. The fourth-order valence-corrected chi connectivity index (χ4v) is 3.89. The summed E-state index contributed by atoms with van der Waals surface area (Å²) in [5.41, 5.74) is -0.328. The Kier molecular flexibility index (Phi) is 5.43. The molecule has 3 N–H and O–H groups in total. The van der Waals surface area contributed by atoms with Gasteiger partial charge in [0.25, 0.3) is 10.0 Å². The van der Waals surface area contributed by atoms with Crippen LogP contribution in [0.3, 0.4) is 0 Å². The van der Waals surface area contributed by atoms with Gasteiger partial charge < -0.3 is 14.8 Å². The molecule has 120 valence electrons. The maximum atomic E-state index is 12.2. The Morgan fingerprint density at radius 2 is 2.00 bits per heavy atom. The van der Waals surface area contributed by atoms with Crippen LogP contribution in [0.4, 0.5) is 0 Å². The van der Waals surface area contributed by atoms with Gasteiger partial charge in [0.1, 0.15) is 5.76 Å². The molecule has 21 heavy (non-hydrogen) atoms. The Hall–Kier alpha value is -0.890. The average Bonchev–Trinajstić information content (AvgIpc) is 2.96. The maximum Gasteiger partial charge on any atom is 0.273 e. The van der Waals surface area contributed by atoms with Crippen LogP contribution in [0.15, 0.2) is 21.6 Å². The van der Waals surface area contributed by atoms with Gasteiger partial charge in [-0.05, 0) is 32.0 Å². The van der Waals surface area contributed by atoms with E-state index in [2.05, 4.69) is 10.0 Å². The van der Waals surface area contributed by atoms with E-state index in [1.165, 1.54) is 6.07 Å². The molecule has 1 aromatic heterocycles. The van der Waals surface area contributed by atoms with Crippen molar-refractivity contribution in [1.29, 1.82) is 0 Å². The Morgan fingerprint density at radius 3 is 2.62 bits per heavy atom. The molecule has 0 spiro atoms. The second-order valence-electron chi connectivity index (χ2n) is 5.79. The SMILES string of the molecule is CNCc1ccc(S(=O)(=O)NCC2(CO)CCCCC2)o1. The van der Waals surface area contributed by atoms with Crippen molar-refractivity contribution in [1.82, 2.24) is 10.0 Å². The van der Waals surface area contributed by atoms with Crippen molar-refractivity contribution in [2.75, 3.05) is 20.2 Å². The molecular weight excluding hydrogens is 292 g/mol. The molecule has 0 bridgehead atoms. The minimum atomic E-state index is -3.66. The molecule has 1 saturated carbocycles. The molecule has 0 unspecified atom stereocenters. The second kappa shape index (κ2) is 6.91. The standard InChI is InChI=1S/C14H24N2O4S/c1-15-9-12-5-6-13(20-12)21(18,19)16-10-14(11-17)7-3-2-4-8-14/h5-6,15-17H,2-4,7-11H2,1H3. The molecule has 0 atom stereocenters. The van der Waals surface area contributed by atoms with Crippen molar-refractivity contribution in [3.05, 3.63) is 17.9 Å². The van der Waals surface area contributed by atoms with Crippen LogP contribution >= 0.6 is 0 Å². The van der Waals surface area contributed by atoms with Crippen molar-refractivity contribution in [2.24, 2.45) is 5.41 Å². The normalized spacial score (nSPS) is 18.8. The number of furan rings is 1. The number of rotatable bonds is 7. The van der Waals surface area contributed by atoms with Gasteiger partial charge in [0.2, 0.25) is 5.09 Å². The van der Waals surface area contributed by atoms with Gasteiger partial charge in [-0.25, -0.2) is 13.1 Å². The van der Waals surface area contributed by atoms with Crippen molar-refractivity contribution in [2.45, 2.75) is 43.7 Å². The van der Waals surface area contributed by atoms with Crippen molar-refractivity contribution in [3.63, 3.8) is 0 Å². The van der Waals surface area contributed by atoms with Gasteiger partial charge in [0.05, 0.1) is 6.54 Å². The van der Waals surface area contributed by atoms with Crippen LogP contribution in [0.25, 0.3) is 0 Å².